The second-order valence-electron chi connectivity index (χ2n) is 1.63. The minimum atomic E-state index is 0.525. The third-order valence-corrected chi connectivity index (χ3v) is 1.05. The summed E-state index contributed by atoms with van der Waals surface area (Å²) in [5.41, 5.74) is 0.664. The lowest BCUT2D eigenvalue weighted by molar-refractivity contribution is 1.16. The van der Waals surface area contributed by atoms with E-state index in [1.54, 1.807) is 18.5 Å². The molecule has 1 rings (SSSR count). The summed E-state index contributed by atoms with van der Waals surface area (Å²) in [6.45, 7) is 6.89. The van der Waals surface area contributed by atoms with Crippen LogP contribution in [0.4, 0.5) is 5.82 Å². The summed E-state index contributed by atoms with van der Waals surface area (Å²) in [6.07, 6.45) is 4.75. The molecular formula is C7H7N3. The Balaban J connectivity index is 3.20. The van der Waals surface area contributed by atoms with Crippen molar-refractivity contribution < 1.29 is 0 Å². The summed E-state index contributed by atoms with van der Waals surface area (Å²) in [5, 5.41) is 0. The van der Waals surface area contributed by atoms with E-state index in [9.17, 15) is 0 Å². The van der Waals surface area contributed by atoms with Gasteiger partial charge in [0.25, 0.3) is 0 Å². The highest BCUT2D eigenvalue weighted by atomic mass is 14.9. The fourth-order valence-corrected chi connectivity index (χ4v) is 0.607. The van der Waals surface area contributed by atoms with Crippen LogP contribution < -0.4 is 0 Å². The maximum Gasteiger partial charge on any atom is 0.177 e. The minimum Gasteiger partial charge on any atom is -0.251 e. The van der Waals surface area contributed by atoms with E-state index in [1.807, 2.05) is 0 Å². The van der Waals surface area contributed by atoms with Crippen molar-refractivity contribution in [1.82, 2.24) is 9.97 Å². The monoisotopic (exact) mass is 133 g/mol. The second kappa shape index (κ2) is 2.87. The van der Waals surface area contributed by atoms with Gasteiger partial charge in [-0.05, 0) is 12.8 Å². The number of nitrogens with zero attached hydrogens (tertiary/aromatic N) is 3. The van der Waals surface area contributed by atoms with Crippen LogP contribution in [-0.2, 0) is 0 Å². The van der Waals surface area contributed by atoms with Gasteiger partial charge in [-0.25, -0.2) is 9.98 Å². The smallest absolute Gasteiger partial charge is 0.177 e. The molecule has 0 radical (unpaired) electrons. The molecule has 0 aliphatic rings. The molecule has 0 aromatic carbocycles. The zero-order valence-electron chi connectivity index (χ0n) is 5.49. The Bertz CT molecular complexity index is 228. The zero-order chi connectivity index (χ0) is 7.40. The van der Waals surface area contributed by atoms with Crippen molar-refractivity contribution in [3.05, 3.63) is 24.7 Å². The molecular weight excluding hydrogens is 126 g/mol. The third-order valence-electron chi connectivity index (χ3n) is 1.05. The van der Waals surface area contributed by atoms with Gasteiger partial charge in [0.2, 0.25) is 0 Å². The van der Waals surface area contributed by atoms with Crippen molar-refractivity contribution in [2.24, 2.45) is 4.99 Å². The molecule has 0 aliphatic carbocycles. The molecule has 0 atom stereocenters. The van der Waals surface area contributed by atoms with Crippen LogP contribution in [0.3, 0.4) is 0 Å². The largest absolute Gasteiger partial charge is 0.251 e. The van der Waals surface area contributed by atoms with Crippen molar-refractivity contribution in [3.63, 3.8) is 0 Å². The Hall–Kier alpha value is -1.51. The predicted octanol–water partition coefficient (Wildman–Crippen LogP) is 1.45. The van der Waals surface area contributed by atoms with Crippen molar-refractivity contribution in [2.75, 3.05) is 0 Å². The summed E-state index contributed by atoms with van der Waals surface area (Å²) < 4.78 is 0. The summed E-state index contributed by atoms with van der Waals surface area (Å²) in [7, 11) is 0. The molecule has 1 heterocycles. The number of aromatic nitrogens is 2. The standard InChI is InChI=1S/C7H7N3/c1-3-6-7(8-2)10-5-4-9-6/h3-5H,1-2H2. The maximum atomic E-state index is 3.95. The summed E-state index contributed by atoms with van der Waals surface area (Å²) in [5.74, 6) is 0.525. The average molecular weight is 133 g/mol. The van der Waals surface area contributed by atoms with E-state index >= 15 is 0 Å². The van der Waals surface area contributed by atoms with Crippen LogP contribution in [0.1, 0.15) is 5.69 Å². The highest BCUT2D eigenvalue weighted by Gasteiger charge is 1.94. The summed E-state index contributed by atoms with van der Waals surface area (Å²) in [4.78, 5) is 11.5. The first-order valence-electron chi connectivity index (χ1n) is 2.78. The van der Waals surface area contributed by atoms with Gasteiger partial charge in [0, 0.05) is 12.4 Å². The average Bonchev–Trinajstić information content (AvgIpc) is 2.04. The van der Waals surface area contributed by atoms with Crippen LogP contribution in [0.5, 0.6) is 0 Å². The normalized spacial score (nSPS) is 8.80. The van der Waals surface area contributed by atoms with Gasteiger partial charge in [-0.3, -0.25) is 4.98 Å². The Morgan fingerprint density at radius 3 is 2.60 bits per heavy atom. The van der Waals surface area contributed by atoms with Crippen molar-refractivity contribution >= 4 is 18.6 Å². The molecule has 0 bridgehead atoms. The molecule has 10 heavy (non-hydrogen) atoms. The van der Waals surface area contributed by atoms with Gasteiger partial charge in [0.1, 0.15) is 5.69 Å². The lowest BCUT2D eigenvalue weighted by atomic mass is 10.4. The van der Waals surface area contributed by atoms with E-state index < -0.39 is 0 Å². The molecule has 3 nitrogen and oxygen atoms in total. The Morgan fingerprint density at radius 1 is 1.40 bits per heavy atom. The number of aliphatic imine (C=N–C) groups is 1. The molecule has 1 aromatic heterocycles. The first-order chi connectivity index (χ1) is 4.88. The van der Waals surface area contributed by atoms with E-state index in [0.29, 0.717) is 11.5 Å². The number of hydrogen-bond acceptors (Lipinski definition) is 3. The predicted molar refractivity (Wildman–Crippen MR) is 41.3 cm³/mol. The van der Waals surface area contributed by atoms with E-state index in [4.69, 9.17) is 0 Å². The second-order valence-corrected chi connectivity index (χ2v) is 1.63. The Kier molecular flexibility index (Phi) is 1.89. The molecule has 0 unspecified atom stereocenters. The van der Waals surface area contributed by atoms with Gasteiger partial charge in [-0.2, -0.15) is 0 Å². The Morgan fingerprint density at radius 2 is 2.10 bits per heavy atom. The SMILES string of the molecule is C=Cc1nccnc1N=C. The molecule has 0 N–H and O–H groups in total. The lowest BCUT2D eigenvalue weighted by Crippen LogP contribution is -1.82. The van der Waals surface area contributed by atoms with Crippen molar-refractivity contribution in [1.29, 1.82) is 0 Å². The van der Waals surface area contributed by atoms with Crippen LogP contribution in [-0.4, -0.2) is 16.7 Å². The molecule has 3 heteroatoms. The molecule has 0 amide bonds. The first-order valence-corrected chi connectivity index (χ1v) is 2.78. The van der Waals surface area contributed by atoms with Crippen LogP contribution in [0.2, 0.25) is 0 Å². The van der Waals surface area contributed by atoms with Crippen molar-refractivity contribution in [2.45, 2.75) is 0 Å². The quantitative estimate of drug-likeness (QED) is 0.572. The third kappa shape index (κ3) is 1.07. The lowest BCUT2D eigenvalue weighted by Gasteiger charge is -1.93. The van der Waals surface area contributed by atoms with E-state index in [1.165, 1.54) is 0 Å². The fraction of sp³-hybridized carbons (Fsp3) is 0. The topological polar surface area (TPSA) is 38.1 Å². The summed E-state index contributed by atoms with van der Waals surface area (Å²) >= 11 is 0. The highest BCUT2D eigenvalue weighted by Crippen LogP contribution is 2.10. The molecule has 0 fully saturated rings. The molecule has 50 valence electrons. The Labute approximate surface area is 59.2 Å². The van der Waals surface area contributed by atoms with Gasteiger partial charge in [0.15, 0.2) is 5.82 Å². The van der Waals surface area contributed by atoms with Gasteiger partial charge in [-0.1, -0.05) is 6.58 Å². The molecule has 0 saturated heterocycles. The molecule has 1 aromatic rings. The van der Waals surface area contributed by atoms with Gasteiger partial charge < -0.3 is 0 Å². The molecule has 0 aliphatic heterocycles. The number of hydrogen-bond donors (Lipinski definition) is 0. The molecule has 0 saturated carbocycles. The van der Waals surface area contributed by atoms with E-state index in [0.717, 1.165) is 0 Å². The van der Waals surface area contributed by atoms with Crippen LogP contribution in [0.15, 0.2) is 24.0 Å². The fourth-order valence-electron chi connectivity index (χ4n) is 0.607. The van der Waals surface area contributed by atoms with Crippen LogP contribution in [0, 0.1) is 0 Å². The van der Waals surface area contributed by atoms with Gasteiger partial charge in [-0.15, -0.1) is 0 Å². The van der Waals surface area contributed by atoms with E-state index in [-0.39, 0.29) is 0 Å². The first kappa shape index (κ1) is 6.61. The highest BCUT2D eigenvalue weighted by molar-refractivity contribution is 5.56. The summed E-state index contributed by atoms with van der Waals surface area (Å²) in [6, 6.07) is 0. The van der Waals surface area contributed by atoms with Crippen LogP contribution >= 0.6 is 0 Å². The van der Waals surface area contributed by atoms with Gasteiger partial charge >= 0.3 is 0 Å². The zero-order valence-corrected chi connectivity index (χ0v) is 5.49. The minimum absolute atomic E-state index is 0.525. The number of rotatable bonds is 2. The van der Waals surface area contributed by atoms with E-state index in [2.05, 4.69) is 28.3 Å². The van der Waals surface area contributed by atoms with Crippen molar-refractivity contribution in [3.8, 4) is 0 Å². The van der Waals surface area contributed by atoms with Crippen LogP contribution in [0.25, 0.3) is 6.08 Å². The maximum absolute atomic E-state index is 3.95. The molecule has 0 spiro atoms. The van der Waals surface area contributed by atoms with Gasteiger partial charge in [0.05, 0.1) is 0 Å².